The number of methoxy groups -OCH3 is 1. The Morgan fingerprint density at radius 1 is 1.19 bits per heavy atom. The van der Waals surface area contributed by atoms with Crippen LogP contribution in [0.2, 0.25) is 0 Å². The first kappa shape index (κ1) is 19.3. The number of piperidine rings is 1. The summed E-state index contributed by atoms with van der Waals surface area (Å²) in [5.74, 6) is 0.717. The zero-order valence-corrected chi connectivity index (χ0v) is 16.2. The van der Waals surface area contributed by atoms with Crippen LogP contribution in [-0.4, -0.2) is 49.2 Å². The third kappa shape index (κ3) is 5.26. The maximum Gasteiger partial charge on any atom is 0.251 e. The number of aromatic nitrogens is 2. The highest BCUT2D eigenvalue weighted by molar-refractivity contribution is 5.95. The molecule has 1 aromatic heterocycles. The van der Waals surface area contributed by atoms with E-state index in [4.69, 9.17) is 9.72 Å². The second-order valence-corrected chi connectivity index (χ2v) is 6.93. The monoisotopic (exact) mass is 368 g/mol. The minimum Gasteiger partial charge on any atom is -0.385 e. The molecule has 144 valence electrons. The Morgan fingerprint density at radius 2 is 2.00 bits per heavy atom. The highest BCUT2D eigenvalue weighted by Crippen LogP contribution is 2.23. The third-order valence-corrected chi connectivity index (χ3v) is 4.71. The minimum absolute atomic E-state index is 0.0741. The first-order valence-electron chi connectivity index (χ1n) is 9.65. The van der Waals surface area contributed by atoms with Gasteiger partial charge in [0.15, 0.2) is 0 Å². The van der Waals surface area contributed by atoms with Crippen molar-refractivity contribution in [3.05, 3.63) is 41.6 Å². The summed E-state index contributed by atoms with van der Waals surface area (Å²) in [5.41, 5.74) is 3.37. The quantitative estimate of drug-likeness (QED) is 0.760. The number of rotatable bonds is 7. The van der Waals surface area contributed by atoms with E-state index in [1.165, 1.54) is 19.3 Å². The number of carbonyl (C=O) groups is 1. The number of amides is 1. The average Bonchev–Trinajstić information content (AvgIpc) is 2.71. The van der Waals surface area contributed by atoms with Gasteiger partial charge >= 0.3 is 0 Å². The molecule has 0 saturated carbocycles. The van der Waals surface area contributed by atoms with Gasteiger partial charge in [0.2, 0.25) is 5.95 Å². The van der Waals surface area contributed by atoms with E-state index in [-0.39, 0.29) is 5.91 Å². The Morgan fingerprint density at radius 3 is 2.78 bits per heavy atom. The summed E-state index contributed by atoms with van der Waals surface area (Å²) in [4.78, 5) is 24.0. The van der Waals surface area contributed by atoms with Crippen molar-refractivity contribution in [2.75, 3.05) is 38.3 Å². The molecule has 0 spiro atoms. The summed E-state index contributed by atoms with van der Waals surface area (Å²) < 4.78 is 5.01. The molecule has 2 aromatic rings. The lowest BCUT2D eigenvalue weighted by atomic mass is 10.1. The molecule has 27 heavy (non-hydrogen) atoms. The molecule has 1 aliphatic heterocycles. The Labute approximate surface area is 161 Å². The van der Waals surface area contributed by atoms with Crippen molar-refractivity contribution in [2.45, 2.75) is 32.6 Å². The van der Waals surface area contributed by atoms with E-state index >= 15 is 0 Å². The predicted octanol–water partition coefficient (Wildman–Crippen LogP) is 3.21. The minimum atomic E-state index is -0.0741. The lowest BCUT2D eigenvalue weighted by Gasteiger charge is -2.27. The second kappa shape index (κ2) is 9.46. The molecule has 1 saturated heterocycles. The van der Waals surface area contributed by atoms with E-state index in [0.717, 1.165) is 42.4 Å². The standard InChI is InChI=1S/C21H28N4O2/c1-16-14-19(24-21(23-16)25-11-4-3-5-12-25)17-8-6-9-18(15-17)20(26)22-10-7-13-27-2/h6,8-9,14-15H,3-5,7,10-13H2,1-2H3,(H,22,26). The maximum atomic E-state index is 12.4. The number of anilines is 1. The Hall–Kier alpha value is -2.47. The zero-order chi connectivity index (χ0) is 19.1. The molecule has 0 bridgehead atoms. The number of nitrogens with zero attached hydrogens (tertiary/aromatic N) is 3. The normalized spacial score (nSPS) is 14.2. The zero-order valence-electron chi connectivity index (χ0n) is 16.2. The first-order chi connectivity index (χ1) is 13.2. The molecule has 1 amide bonds. The second-order valence-electron chi connectivity index (χ2n) is 6.93. The molecule has 1 fully saturated rings. The number of aryl methyl sites for hydroxylation is 1. The molecule has 1 aliphatic rings. The molecule has 0 atom stereocenters. The molecule has 1 aromatic carbocycles. The van der Waals surface area contributed by atoms with E-state index in [9.17, 15) is 4.79 Å². The maximum absolute atomic E-state index is 12.4. The van der Waals surface area contributed by atoms with E-state index in [0.29, 0.717) is 18.7 Å². The molecular formula is C21H28N4O2. The largest absolute Gasteiger partial charge is 0.385 e. The van der Waals surface area contributed by atoms with Crippen molar-refractivity contribution < 1.29 is 9.53 Å². The number of benzene rings is 1. The van der Waals surface area contributed by atoms with E-state index in [1.807, 2.05) is 37.3 Å². The van der Waals surface area contributed by atoms with Gasteiger partial charge in [-0.15, -0.1) is 0 Å². The summed E-state index contributed by atoms with van der Waals surface area (Å²) in [6.45, 7) is 5.24. The Kier molecular flexibility index (Phi) is 6.76. The van der Waals surface area contributed by atoms with Crippen LogP contribution >= 0.6 is 0 Å². The van der Waals surface area contributed by atoms with Crippen LogP contribution < -0.4 is 10.2 Å². The highest BCUT2D eigenvalue weighted by Gasteiger charge is 2.15. The topological polar surface area (TPSA) is 67.3 Å². The van der Waals surface area contributed by atoms with Crippen LogP contribution in [-0.2, 0) is 4.74 Å². The van der Waals surface area contributed by atoms with E-state index < -0.39 is 0 Å². The van der Waals surface area contributed by atoms with Crippen LogP contribution in [0.5, 0.6) is 0 Å². The third-order valence-electron chi connectivity index (χ3n) is 4.71. The fourth-order valence-electron chi connectivity index (χ4n) is 3.28. The Balaban J connectivity index is 1.78. The van der Waals surface area contributed by atoms with Gasteiger partial charge < -0.3 is 15.0 Å². The lowest BCUT2D eigenvalue weighted by Crippen LogP contribution is -2.31. The van der Waals surface area contributed by atoms with Crippen molar-refractivity contribution in [1.29, 1.82) is 0 Å². The summed E-state index contributed by atoms with van der Waals surface area (Å²) in [6, 6.07) is 9.59. The molecule has 6 heteroatoms. The van der Waals surface area contributed by atoms with Crippen LogP contribution in [0.4, 0.5) is 5.95 Å². The summed E-state index contributed by atoms with van der Waals surface area (Å²) in [5, 5.41) is 2.93. The SMILES string of the molecule is COCCCNC(=O)c1cccc(-c2cc(C)nc(N3CCCCC3)n2)c1. The molecule has 0 unspecified atom stereocenters. The van der Waals surface area contributed by atoms with E-state index in [1.54, 1.807) is 7.11 Å². The van der Waals surface area contributed by atoms with Gasteiger partial charge in [-0.1, -0.05) is 12.1 Å². The van der Waals surface area contributed by atoms with E-state index in [2.05, 4.69) is 15.2 Å². The van der Waals surface area contributed by atoms with Crippen molar-refractivity contribution in [3.8, 4) is 11.3 Å². The van der Waals surface area contributed by atoms with Crippen molar-refractivity contribution >= 4 is 11.9 Å². The van der Waals surface area contributed by atoms with Crippen LogP contribution in [0.25, 0.3) is 11.3 Å². The first-order valence-corrected chi connectivity index (χ1v) is 9.65. The van der Waals surface area contributed by atoms with Crippen LogP contribution in [0.3, 0.4) is 0 Å². The molecule has 0 radical (unpaired) electrons. The molecule has 0 aliphatic carbocycles. The molecule has 1 N–H and O–H groups in total. The van der Waals surface area contributed by atoms with Crippen molar-refractivity contribution in [2.24, 2.45) is 0 Å². The summed E-state index contributed by atoms with van der Waals surface area (Å²) >= 11 is 0. The lowest BCUT2D eigenvalue weighted by molar-refractivity contribution is 0.0948. The van der Waals surface area contributed by atoms with Crippen LogP contribution in [0.15, 0.2) is 30.3 Å². The van der Waals surface area contributed by atoms with Gasteiger partial charge in [0.1, 0.15) is 0 Å². The summed E-state index contributed by atoms with van der Waals surface area (Å²) in [6.07, 6.45) is 4.44. The fourth-order valence-corrected chi connectivity index (χ4v) is 3.28. The van der Waals surface area contributed by atoms with Gasteiger partial charge in [-0.2, -0.15) is 0 Å². The van der Waals surface area contributed by atoms with Crippen molar-refractivity contribution in [3.63, 3.8) is 0 Å². The van der Waals surface area contributed by atoms with Gasteiger partial charge in [0.05, 0.1) is 5.69 Å². The van der Waals surface area contributed by atoms with Gasteiger partial charge in [-0.25, -0.2) is 9.97 Å². The fraction of sp³-hybridized carbons (Fsp3) is 0.476. The van der Waals surface area contributed by atoms with Crippen LogP contribution in [0.1, 0.15) is 41.7 Å². The molecule has 2 heterocycles. The number of carbonyl (C=O) groups excluding carboxylic acids is 1. The van der Waals surface area contributed by atoms with Crippen molar-refractivity contribution in [1.82, 2.24) is 15.3 Å². The average molecular weight is 368 g/mol. The number of ether oxygens (including phenoxy) is 1. The molecule has 3 rings (SSSR count). The molecule has 6 nitrogen and oxygen atoms in total. The Bertz CT molecular complexity index is 773. The van der Waals surface area contributed by atoms with Gasteiger partial charge in [-0.05, 0) is 50.8 Å². The number of hydrogen-bond acceptors (Lipinski definition) is 5. The van der Waals surface area contributed by atoms with Gasteiger partial charge in [0.25, 0.3) is 5.91 Å². The number of hydrogen-bond donors (Lipinski definition) is 1. The number of nitrogens with one attached hydrogen (secondary N) is 1. The van der Waals surface area contributed by atoms with Gasteiger partial charge in [0, 0.05) is 50.2 Å². The predicted molar refractivity (Wildman–Crippen MR) is 107 cm³/mol. The molecular weight excluding hydrogens is 340 g/mol. The highest BCUT2D eigenvalue weighted by atomic mass is 16.5. The van der Waals surface area contributed by atoms with Gasteiger partial charge in [-0.3, -0.25) is 4.79 Å². The smallest absolute Gasteiger partial charge is 0.251 e. The van der Waals surface area contributed by atoms with Crippen LogP contribution in [0, 0.1) is 6.92 Å². The summed E-state index contributed by atoms with van der Waals surface area (Å²) in [7, 11) is 1.66.